The molecule has 10 heteroatoms. The molecule has 1 fully saturated rings. The van der Waals surface area contributed by atoms with Gasteiger partial charge in [0.1, 0.15) is 12.1 Å². The molecule has 2 aromatic rings. The summed E-state index contributed by atoms with van der Waals surface area (Å²) in [6.45, 7) is 0.787. The molecule has 1 aliphatic rings. The zero-order chi connectivity index (χ0) is 17.8. The van der Waals surface area contributed by atoms with E-state index in [9.17, 15) is 19.3 Å². The molecule has 1 aromatic carbocycles. The van der Waals surface area contributed by atoms with Crippen molar-refractivity contribution in [1.82, 2.24) is 15.3 Å². The first-order valence-corrected chi connectivity index (χ1v) is 7.51. The molecule has 0 radical (unpaired) electrons. The lowest BCUT2D eigenvalue weighted by molar-refractivity contribution is -0.385. The summed E-state index contributed by atoms with van der Waals surface area (Å²) in [4.78, 5) is 29.7. The molecule has 1 saturated heterocycles. The lowest BCUT2D eigenvalue weighted by Crippen LogP contribution is -2.35. The standard InChI is InChI=1S/C15H14FN5O4/c16-10-6-9(21(23)24)3-4-12(10)25-14-7-13(18-8-19-14)20-15(22)11-2-1-5-17-11/h3-4,6-8,11,17H,1-2,5H2,(H,18,19,20,22). The highest BCUT2D eigenvalue weighted by Crippen LogP contribution is 2.27. The third kappa shape index (κ3) is 4.04. The molecule has 0 aliphatic carbocycles. The maximum absolute atomic E-state index is 13.9. The monoisotopic (exact) mass is 347 g/mol. The fraction of sp³-hybridized carbons (Fsp3) is 0.267. The largest absolute Gasteiger partial charge is 0.436 e. The minimum Gasteiger partial charge on any atom is -0.436 e. The third-order valence-corrected chi connectivity index (χ3v) is 3.61. The van der Waals surface area contributed by atoms with Crippen molar-refractivity contribution in [2.24, 2.45) is 0 Å². The van der Waals surface area contributed by atoms with Crippen LogP contribution in [0.2, 0.25) is 0 Å². The SMILES string of the molecule is O=C(Nc1cc(Oc2ccc([N+](=O)[O-])cc2F)ncn1)C1CCCN1. The van der Waals surface area contributed by atoms with E-state index in [1.54, 1.807) is 0 Å². The average Bonchev–Trinajstić information content (AvgIpc) is 3.11. The number of aromatic nitrogens is 2. The van der Waals surface area contributed by atoms with Crippen LogP contribution in [0.25, 0.3) is 0 Å². The highest BCUT2D eigenvalue weighted by atomic mass is 19.1. The number of anilines is 1. The number of nitro groups is 1. The zero-order valence-corrected chi connectivity index (χ0v) is 12.9. The first kappa shape index (κ1) is 16.7. The predicted octanol–water partition coefficient (Wildman–Crippen LogP) is 2.01. The van der Waals surface area contributed by atoms with Gasteiger partial charge in [0.2, 0.25) is 11.8 Å². The van der Waals surface area contributed by atoms with E-state index in [4.69, 9.17) is 4.74 Å². The van der Waals surface area contributed by atoms with Gasteiger partial charge in [0, 0.05) is 12.1 Å². The fourth-order valence-electron chi connectivity index (χ4n) is 2.38. The summed E-state index contributed by atoms with van der Waals surface area (Å²) in [6.07, 6.45) is 2.83. The fourth-order valence-corrected chi connectivity index (χ4v) is 2.38. The maximum Gasteiger partial charge on any atom is 0.272 e. The Morgan fingerprint density at radius 1 is 1.40 bits per heavy atom. The molecule has 2 heterocycles. The Hall–Kier alpha value is -3.14. The second-order valence-electron chi connectivity index (χ2n) is 5.35. The van der Waals surface area contributed by atoms with Gasteiger partial charge in [-0.2, -0.15) is 0 Å². The van der Waals surface area contributed by atoms with E-state index in [-0.39, 0.29) is 35.1 Å². The van der Waals surface area contributed by atoms with Gasteiger partial charge in [0.25, 0.3) is 5.69 Å². The van der Waals surface area contributed by atoms with Crippen LogP contribution in [0.3, 0.4) is 0 Å². The maximum atomic E-state index is 13.9. The van der Waals surface area contributed by atoms with Gasteiger partial charge < -0.3 is 15.4 Å². The number of nitro benzene ring substituents is 1. The Morgan fingerprint density at radius 3 is 2.92 bits per heavy atom. The second kappa shape index (κ2) is 7.18. The lowest BCUT2D eigenvalue weighted by atomic mass is 10.2. The molecule has 1 aromatic heterocycles. The van der Waals surface area contributed by atoms with Crippen LogP contribution in [0.4, 0.5) is 15.9 Å². The number of hydrogen-bond acceptors (Lipinski definition) is 7. The van der Waals surface area contributed by atoms with Crippen molar-refractivity contribution < 1.29 is 18.8 Å². The van der Waals surface area contributed by atoms with Crippen molar-refractivity contribution in [2.75, 3.05) is 11.9 Å². The van der Waals surface area contributed by atoms with Crippen LogP contribution in [0.15, 0.2) is 30.6 Å². The Morgan fingerprint density at radius 2 is 2.24 bits per heavy atom. The van der Waals surface area contributed by atoms with Crippen LogP contribution in [-0.2, 0) is 4.79 Å². The van der Waals surface area contributed by atoms with Gasteiger partial charge in [-0.05, 0) is 25.5 Å². The molecule has 0 spiro atoms. The molecule has 25 heavy (non-hydrogen) atoms. The summed E-state index contributed by atoms with van der Waals surface area (Å²) < 4.78 is 19.1. The van der Waals surface area contributed by atoms with Crippen LogP contribution < -0.4 is 15.4 Å². The summed E-state index contributed by atoms with van der Waals surface area (Å²) in [5.41, 5.74) is -0.385. The van der Waals surface area contributed by atoms with E-state index >= 15 is 0 Å². The first-order valence-electron chi connectivity index (χ1n) is 7.51. The zero-order valence-electron chi connectivity index (χ0n) is 12.9. The number of carbonyl (C=O) groups is 1. The van der Waals surface area contributed by atoms with Crippen LogP contribution in [0.5, 0.6) is 11.6 Å². The molecule has 1 atom stereocenters. The van der Waals surface area contributed by atoms with E-state index in [1.165, 1.54) is 6.07 Å². The van der Waals surface area contributed by atoms with Gasteiger partial charge in [-0.3, -0.25) is 14.9 Å². The smallest absolute Gasteiger partial charge is 0.272 e. The van der Waals surface area contributed by atoms with Gasteiger partial charge in [0.05, 0.1) is 17.0 Å². The van der Waals surface area contributed by atoms with Crippen LogP contribution in [0.1, 0.15) is 12.8 Å². The number of halogens is 1. The van der Waals surface area contributed by atoms with Crippen molar-refractivity contribution in [3.8, 4) is 11.6 Å². The van der Waals surface area contributed by atoms with Crippen LogP contribution >= 0.6 is 0 Å². The number of carbonyl (C=O) groups excluding carboxylic acids is 1. The van der Waals surface area contributed by atoms with Gasteiger partial charge in [-0.15, -0.1) is 0 Å². The number of nitrogens with zero attached hydrogens (tertiary/aromatic N) is 3. The van der Waals surface area contributed by atoms with E-state index in [0.717, 1.165) is 43.9 Å². The van der Waals surface area contributed by atoms with Gasteiger partial charge in [0.15, 0.2) is 11.6 Å². The first-order chi connectivity index (χ1) is 12.0. The number of hydrogen-bond donors (Lipinski definition) is 2. The highest BCUT2D eigenvalue weighted by molar-refractivity contribution is 5.94. The molecule has 1 amide bonds. The molecule has 3 rings (SSSR count). The molecule has 9 nitrogen and oxygen atoms in total. The normalized spacial score (nSPS) is 16.4. The van der Waals surface area contributed by atoms with Crippen LogP contribution in [0, 0.1) is 15.9 Å². The molecule has 1 aliphatic heterocycles. The van der Waals surface area contributed by atoms with E-state index < -0.39 is 10.7 Å². The van der Waals surface area contributed by atoms with E-state index in [1.807, 2.05) is 0 Å². The minimum absolute atomic E-state index is 0.00238. The number of benzene rings is 1. The molecule has 130 valence electrons. The molecule has 0 bridgehead atoms. The van der Waals surface area contributed by atoms with Crippen molar-refractivity contribution in [3.63, 3.8) is 0 Å². The second-order valence-corrected chi connectivity index (χ2v) is 5.35. The van der Waals surface area contributed by atoms with E-state index in [2.05, 4.69) is 20.6 Å². The summed E-state index contributed by atoms with van der Waals surface area (Å²) in [7, 11) is 0. The predicted molar refractivity (Wildman–Crippen MR) is 84.8 cm³/mol. The quantitative estimate of drug-likeness (QED) is 0.627. The minimum atomic E-state index is -0.895. The summed E-state index contributed by atoms with van der Waals surface area (Å²) in [5.74, 6) is -1.13. The van der Waals surface area contributed by atoms with Gasteiger partial charge in [-0.25, -0.2) is 14.4 Å². The number of ether oxygens (including phenoxy) is 1. The number of amides is 1. The average molecular weight is 347 g/mol. The molecular formula is C15H14FN5O4. The van der Waals surface area contributed by atoms with Crippen LogP contribution in [-0.4, -0.2) is 33.4 Å². The Balaban J connectivity index is 1.71. The topological polar surface area (TPSA) is 119 Å². The molecular weight excluding hydrogens is 333 g/mol. The van der Waals surface area contributed by atoms with Crippen molar-refractivity contribution >= 4 is 17.4 Å². The number of nitrogens with one attached hydrogen (secondary N) is 2. The number of non-ortho nitro benzene ring substituents is 1. The molecule has 2 N–H and O–H groups in total. The Bertz CT molecular complexity index is 810. The third-order valence-electron chi connectivity index (χ3n) is 3.61. The summed E-state index contributed by atoms with van der Waals surface area (Å²) in [6, 6.07) is 4.08. The summed E-state index contributed by atoms with van der Waals surface area (Å²) in [5, 5.41) is 16.3. The van der Waals surface area contributed by atoms with E-state index in [0.29, 0.717) is 0 Å². The van der Waals surface area contributed by atoms with Crippen molar-refractivity contribution in [3.05, 3.63) is 46.5 Å². The van der Waals surface area contributed by atoms with Crippen molar-refractivity contribution in [1.29, 1.82) is 0 Å². The summed E-state index contributed by atoms with van der Waals surface area (Å²) >= 11 is 0. The highest BCUT2D eigenvalue weighted by Gasteiger charge is 2.22. The van der Waals surface area contributed by atoms with Gasteiger partial charge >= 0.3 is 0 Å². The Labute approximate surface area is 141 Å². The number of rotatable bonds is 5. The Kier molecular flexibility index (Phi) is 4.80. The van der Waals surface area contributed by atoms with Gasteiger partial charge in [-0.1, -0.05) is 0 Å². The molecule has 1 unspecified atom stereocenters. The van der Waals surface area contributed by atoms with Crippen molar-refractivity contribution in [2.45, 2.75) is 18.9 Å². The lowest BCUT2D eigenvalue weighted by Gasteiger charge is -2.11. The molecule has 0 saturated carbocycles.